The van der Waals surface area contributed by atoms with E-state index in [2.05, 4.69) is 13.8 Å². The standard InChI is InChI=1S/C23H44O5/c1-11-19(24)23(9,10)21(26)17(7)15(5)16(6)18(8)28-22(27)20(25)14(4)12-13(2)3/h13-14,17-21,24-26H,11-12H2,1-10H3/b16-15+/t14-,17-,18?,19-,20?,21-/m0/s1. The molecule has 0 rings (SSSR count). The van der Waals surface area contributed by atoms with Crippen molar-refractivity contribution >= 4 is 5.97 Å². The van der Waals surface area contributed by atoms with Crippen LogP contribution in [0.3, 0.4) is 0 Å². The van der Waals surface area contributed by atoms with E-state index in [-0.39, 0.29) is 11.8 Å². The molecule has 0 amide bonds. The van der Waals surface area contributed by atoms with Crippen LogP contribution in [0.25, 0.3) is 0 Å². The Kier molecular flexibility index (Phi) is 11.0. The van der Waals surface area contributed by atoms with Crippen LogP contribution in [0, 0.1) is 23.2 Å². The Labute approximate surface area is 172 Å². The fourth-order valence-corrected chi connectivity index (χ4v) is 3.72. The zero-order valence-corrected chi connectivity index (χ0v) is 19.6. The summed E-state index contributed by atoms with van der Waals surface area (Å²) in [5.41, 5.74) is 1.12. The number of aliphatic hydroxyl groups excluding tert-OH is 3. The smallest absolute Gasteiger partial charge is 0.335 e. The van der Waals surface area contributed by atoms with Crippen LogP contribution in [0.15, 0.2) is 11.1 Å². The number of hydrogen-bond acceptors (Lipinski definition) is 5. The van der Waals surface area contributed by atoms with Gasteiger partial charge in [0, 0.05) is 11.3 Å². The minimum atomic E-state index is -1.14. The van der Waals surface area contributed by atoms with Crippen LogP contribution in [0.1, 0.15) is 82.1 Å². The van der Waals surface area contributed by atoms with Crippen LogP contribution >= 0.6 is 0 Å². The molecule has 166 valence electrons. The fourth-order valence-electron chi connectivity index (χ4n) is 3.72. The summed E-state index contributed by atoms with van der Waals surface area (Å²) >= 11 is 0. The fraction of sp³-hybridized carbons (Fsp3) is 0.870. The van der Waals surface area contributed by atoms with Crippen molar-refractivity contribution in [3.8, 4) is 0 Å². The van der Waals surface area contributed by atoms with Gasteiger partial charge < -0.3 is 20.1 Å². The lowest BCUT2D eigenvalue weighted by Crippen LogP contribution is -2.44. The molecule has 0 aromatic rings. The molecule has 0 radical (unpaired) electrons. The number of aliphatic hydroxyl groups is 3. The second-order valence-corrected chi connectivity index (χ2v) is 9.48. The van der Waals surface area contributed by atoms with Gasteiger partial charge in [-0.2, -0.15) is 0 Å². The highest BCUT2D eigenvalue weighted by Crippen LogP contribution is 2.35. The first-order chi connectivity index (χ1) is 12.7. The third kappa shape index (κ3) is 7.16. The minimum absolute atomic E-state index is 0.165. The molecule has 5 heteroatoms. The van der Waals surface area contributed by atoms with Gasteiger partial charge in [-0.1, -0.05) is 54.0 Å². The van der Waals surface area contributed by atoms with E-state index in [1.165, 1.54) is 0 Å². The Morgan fingerprint density at radius 1 is 0.964 bits per heavy atom. The quantitative estimate of drug-likeness (QED) is 0.359. The largest absolute Gasteiger partial charge is 0.456 e. The molecule has 6 atom stereocenters. The SMILES string of the molecule is CC[C@H](O)C(C)(C)[C@@H](O)[C@@H](C)/C(C)=C(\C)C(C)OC(=O)C(O)[C@@H](C)CC(C)C. The normalized spacial score (nSPS) is 20.1. The monoisotopic (exact) mass is 400 g/mol. The third-order valence-electron chi connectivity index (χ3n) is 6.31. The van der Waals surface area contributed by atoms with Crippen LogP contribution in [0.5, 0.6) is 0 Å². The van der Waals surface area contributed by atoms with Crippen molar-refractivity contribution < 1.29 is 24.9 Å². The summed E-state index contributed by atoms with van der Waals surface area (Å²) in [4.78, 5) is 12.3. The molecule has 0 aliphatic heterocycles. The van der Waals surface area contributed by atoms with Crippen LogP contribution in [0.4, 0.5) is 0 Å². The molecule has 0 aromatic carbocycles. The van der Waals surface area contributed by atoms with Crippen molar-refractivity contribution in [3.05, 3.63) is 11.1 Å². The first kappa shape index (κ1) is 27.1. The van der Waals surface area contributed by atoms with Crippen LogP contribution < -0.4 is 0 Å². The highest BCUT2D eigenvalue weighted by atomic mass is 16.6. The van der Waals surface area contributed by atoms with Gasteiger partial charge in [-0.05, 0) is 51.0 Å². The zero-order chi connectivity index (χ0) is 22.4. The van der Waals surface area contributed by atoms with Gasteiger partial charge in [0.2, 0.25) is 0 Å². The molecule has 0 saturated carbocycles. The molecule has 3 N–H and O–H groups in total. The predicted molar refractivity (Wildman–Crippen MR) is 114 cm³/mol. The molecule has 0 aliphatic carbocycles. The second kappa shape index (κ2) is 11.3. The maximum Gasteiger partial charge on any atom is 0.335 e. The van der Waals surface area contributed by atoms with E-state index in [1.54, 1.807) is 6.92 Å². The summed E-state index contributed by atoms with van der Waals surface area (Å²) in [7, 11) is 0. The van der Waals surface area contributed by atoms with E-state index >= 15 is 0 Å². The third-order valence-corrected chi connectivity index (χ3v) is 6.31. The lowest BCUT2D eigenvalue weighted by Gasteiger charge is -2.39. The number of esters is 1. The second-order valence-electron chi connectivity index (χ2n) is 9.48. The minimum Gasteiger partial charge on any atom is -0.456 e. The Balaban J connectivity index is 5.23. The number of rotatable bonds is 11. The summed E-state index contributed by atoms with van der Waals surface area (Å²) in [5.74, 6) is -0.588. The predicted octanol–water partition coefficient (Wildman–Crippen LogP) is 4.09. The summed E-state index contributed by atoms with van der Waals surface area (Å²) < 4.78 is 5.50. The van der Waals surface area contributed by atoms with Crippen molar-refractivity contribution in [3.63, 3.8) is 0 Å². The lowest BCUT2D eigenvalue weighted by molar-refractivity contribution is -0.159. The number of carbonyl (C=O) groups excluding carboxylic acids is 1. The molecule has 28 heavy (non-hydrogen) atoms. The first-order valence-electron chi connectivity index (χ1n) is 10.6. The summed E-state index contributed by atoms with van der Waals surface area (Å²) in [6.07, 6.45) is -1.67. The van der Waals surface area contributed by atoms with Gasteiger partial charge in [-0.3, -0.25) is 0 Å². The van der Waals surface area contributed by atoms with Crippen LogP contribution in [0.2, 0.25) is 0 Å². The first-order valence-corrected chi connectivity index (χ1v) is 10.6. The summed E-state index contributed by atoms with van der Waals surface area (Å²) in [6, 6.07) is 0. The van der Waals surface area contributed by atoms with Gasteiger partial charge in [0.15, 0.2) is 6.10 Å². The number of carbonyl (C=O) groups is 1. The highest BCUT2D eigenvalue weighted by Gasteiger charge is 2.38. The molecular weight excluding hydrogens is 356 g/mol. The van der Waals surface area contributed by atoms with Crippen molar-refractivity contribution in [2.45, 2.75) is 106 Å². The molecule has 0 bridgehead atoms. The molecule has 2 unspecified atom stereocenters. The molecule has 0 heterocycles. The van der Waals surface area contributed by atoms with Crippen molar-refractivity contribution in [1.29, 1.82) is 0 Å². The van der Waals surface area contributed by atoms with Gasteiger partial charge >= 0.3 is 5.97 Å². The summed E-state index contributed by atoms with van der Waals surface area (Å²) in [5, 5.41) is 31.3. The van der Waals surface area contributed by atoms with E-state index < -0.39 is 35.8 Å². The van der Waals surface area contributed by atoms with Crippen molar-refractivity contribution in [2.24, 2.45) is 23.2 Å². The Morgan fingerprint density at radius 3 is 1.89 bits per heavy atom. The number of hydrogen-bond donors (Lipinski definition) is 3. The average Bonchev–Trinajstić information content (AvgIpc) is 2.62. The zero-order valence-electron chi connectivity index (χ0n) is 19.6. The van der Waals surface area contributed by atoms with E-state index in [4.69, 9.17) is 4.74 Å². The van der Waals surface area contributed by atoms with Gasteiger partial charge in [0.25, 0.3) is 0 Å². The van der Waals surface area contributed by atoms with E-state index in [0.29, 0.717) is 12.3 Å². The molecule has 5 nitrogen and oxygen atoms in total. The van der Waals surface area contributed by atoms with E-state index in [1.807, 2.05) is 48.5 Å². The summed E-state index contributed by atoms with van der Waals surface area (Å²) in [6.45, 7) is 19.1. The molecule has 0 spiro atoms. The van der Waals surface area contributed by atoms with E-state index in [9.17, 15) is 20.1 Å². The Bertz CT molecular complexity index is 523. The van der Waals surface area contributed by atoms with Gasteiger partial charge in [-0.25, -0.2) is 4.79 Å². The van der Waals surface area contributed by atoms with Crippen molar-refractivity contribution in [2.75, 3.05) is 0 Å². The Morgan fingerprint density at radius 2 is 1.46 bits per heavy atom. The maximum atomic E-state index is 12.3. The highest BCUT2D eigenvalue weighted by molar-refractivity contribution is 5.75. The van der Waals surface area contributed by atoms with Gasteiger partial charge in [0.05, 0.1) is 12.2 Å². The van der Waals surface area contributed by atoms with Gasteiger partial charge in [-0.15, -0.1) is 0 Å². The molecule has 0 saturated heterocycles. The lowest BCUT2D eigenvalue weighted by atomic mass is 9.72. The number of ether oxygens (including phenoxy) is 1. The molecular formula is C23H44O5. The molecule has 0 fully saturated rings. The van der Waals surface area contributed by atoms with Crippen LogP contribution in [-0.4, -0.2) is 45.7 Å². The average molecular weight is 401 g/mol. The topological polar surface area (TPSA) is 87.0 Å². The molecule has 0 aromatic heterocycles. The maximum absolute atomic E-state index is 12.3. The molecule has 0 aliphatic rings. The van der Waals surface area contributed by atoms with E-state index in [0.717, 1.165) is 17.6 Å². The Hall–Kier alpha value is -0.910. The van der Waals surface area contributed by atoms with Crippen LogP contribution in [-0.2, 0) is 9.53 Å². The van der Waals surface area contributed by atoms with Gasteiger partial charge in [0.1, 0.15) is 6.10 Å². The van der Waals surface area contributed by atoms with Crippen molar-refractivity contribution in [1.82, 2.24) is 0 Å².